The van der Waals surface area contributed by atoms with Crippen LogP contribution in [0.4, 0.5) is 10.1 Å². The topological polar surface area (TPSA) is 76.9 Å². The molecule has 37 heavy (non-hydrogen) atoms. The number of anilines is 1. The number of methoxy groups -OCH3 is 1. The summed E-state index contributed by atoms with van der Waals surface area (Å²) in [6, 6.07) is 1.44. The van der Waals surface area contributed by atoms with Crippen molar-refractivity contribution in [2.45, 2.75) is 92.1 Å². The van der Waals surface area contributed by atoms with Crippen LogP contribution in [0.5, 0.6) is 5.88 Å². The van der Waals surface area contributed by atoms with Crippen LogP contribution >= 0.6 is 0 Å². The largest absolute Gasteiger partial charge is 0.470 e. The van der Waals surface area contributed by atoms with Crippen LogP contribution in [0.3, 0.4) is 0 Å². The van der Waals surface area contributed by atoms with Crippen LogP contribution in [0.25, 0.3) is 11.1 Å². The lowest BCUT2D eigenvalue weighted by atomic mass is 9.82. The summed E-state index contributed by atoms with van der Waals surface area (Å²) < 4.78 is 32.5. The summed E-state index contributed by atoms with van der Waals surface area (Å²) in [6.45, 7) is 17.6. The maximum atomic E-state index is 15.2. The fourth-order valence-electron chi connectivity index (χ4n) is 4.62. The third-order valence-corrected chi connectivity index (χ3v) is 7.15. The van der Waals surface area contributed by atoms with E-state index in [4.69, 9.17) is 14.2 Å². The number of hydrogen-bond acceptors (Lipinski definition) is 7. The molecule has 2 unspecified atom stereocenters. The second kappa shape index (κ2) is 11.6. The van der Waals surface area contributed by atoms with Crippen molar-refractivity contribution in [3.05, 3.63) is 35.5 Å². The monoisotopic (exact) mass is 517 g/mol. The van der Waals surface area contributed by atoms with Gasteiger partial charge in [-0.25, -0.2) is 9.37 Å². The number of piperidine rings is 1. The maximum absolute atomic E-state index is 15.2. The van der Waals surface area contributed by atoms with Crippen molar-refractivity contribution in [2.75, 3.05) is 31.7 Å². The molecule has 1 N–H and O–H groups in total. The highest BCUT2D eigenvalue weighted by molar-refractivity contribution is 5.81. The minimum Gasteiger partial charge on any atom is -0.470 e. The van der Waals surface area contributed by atoms with Gasteiger partial charge in [-0.05, 0) is 65.9 Å². The summed E-state index contributed by atoms with van der Waals surface area (Å²) >= 11 is 0. The van der Waals surface area contributed by atoms with Gasteiger partial charge in [-0.15, -0.1) is 0 Å². The van der Waals surface area contributed by atoms with Crippen LogP contribution in [0.15, 0.2) is 18.5 Å². The fourth-order valence-corrected chi connectivity index (χ4v) is 4.62. The molecule has 0 amide bonds. The molecule has 0 aliphatic carbocycles. The van der Waals surface area contributed by atoms with Crippen LogP contribution in [0, 0.1) is 18.2 Å². The lowest BCUT2D eigenvalue weighted by Crippen LogP contribution is -2.39. The molecule has 1 fully saturated rings. The number of aliphatic hydroxyl groups is 1. The minimum atomic E-state index is -0.575. The van der Waals surface area contributed by atoms with Crippen molar-refractivity contribution in [1.29, 1.82) is 0 Å². The van der Waals surface area contributed by atoms with Crippen molar-refractivity contribution in [3.63, 3.8) is 0 Å². The Hall–Kier alpha value is -2.29. The Morgan fingerprint density at radius 3 is 2.30 bits per heavy atom. The van der Waals surface area contributed by atoms with Gasteiger partial charge in [0.25, 0.3) is 5.88 Å². The number of rotatable bonds is 9. The molecule has 0 aromatic carbocycles. The number of aliphatic hydroxyl groups excluding tert-OH is 1. The number of aromatic nitrogens is 2. The van der Waals surface area contributed by atoms with E-state index >= 15 is 4.39 Å². The first-order chi connectivity index (χ1) is 17.3. The highest BCUT2D eigenvalue weighted by Crippen LogP contribution is 2.43. The third kappa shape index (κ3) is 7.18. The van der Waals surface area contributed by atoms with E-state index in [0.717, 1.165) is 48.4 Å². The quantitative estimate of drug-likeness (QED) is 0.446. The molecule has 8 heteroatoms. The Kier molecular flexibility index (Phi) is 9.19. The van der Waals surface area contributed by atoms with E-state index in [-0.39, 0.29) is 30.1 Å². The number of halogens is 1. The van der Waals surface area contributed by atoms with Crippen LogP contribution in [-0.4, -0.2) is 59.7 Å². The molecule has 0 bridgehead atoms. The molecule has 1 aliphatic rings. The van der Waals surface area contributed by atoms with Gasteiger partial charge in [0.1, 0.15) is 12.2 Å². The predicted molar refractivity (Wildman–Crippen MR) is 145 cm³/mol. The normalized spacial score (nSPS) is 18.4. The zero-order valence-corrected chi connectivity index (χ0v) is 23.9. The summed E-state index contributed by atoms with van der Waals surface area (Å²) in [7, 11) is 1.59. The number of hydrogen-bond donors (Lipinski definition) is 1. The molecule has 2 aromatic rings. The summed E-state index contributed by atoms with van der Waals surface area (Å²) in [5, 5.41) is 10.4. The Morgan fingerprint density at radius 1 is 1.11 bits per heavy atom. The highest BCUT2D eigenvalue weighted by Gasteiger charge is 2.33. The zero-order chi connectivity index (χ0) is 27.5. The van der Waals surface area contributed by atoms with Gasteiger partial charge in [0.2, 0.25) is 0 Å². The first kappa shape index (κ1) is 29.3. The molecule has 206 valence electrons. The summed E-state index contributed by atoms with van der Waals surface area (Å²) in [5.74, 6) is -0.615. The van der Waals surface area contributed by atoms with Crippen molar-refractivity contribution >= 4 is 5.69 Å². The molecule has 2 aromatic heterocycles. The Morgan fingerprint density at radius 2 is 1.76 bits per heavy atom. The number of nitrogens with zero attached hydrogens (tertiary/aromatic N) is 3. The molecule has 3 atom stereocenters. The zero-order valence-electron chi connectivity index (χ0n) is 23.9. The van der Waals surface area contributed by atoms with Crippen LogP contribution < -0.4 is 9.64 Å². The molecule has 1 aliphatic heterocycles. The molecular formula is C29H44FN3O4. The molecule has 7 nitrogen and oxygen atoms in total. The number of pyridine rings is 2. The lowest BCUT2D eigenvalue weighted by molar-refractivity contribution is -0.0824. The molecular weight excluding hydrogens is 473 g/mol. The SMILES string of the molecule is COC(C)C(C)Oc1ncc(-c2cnc(C)c([C@@H](CO)OC(C)(C)C)c2N2CCC(C)(C)CC2)cc1F. The van der Waals surface area contributed by atoms with Crippen molar-refractivity contribution in [3.8, 4) is 17.0 Å². The molecule has 3 rings (SSSR count). The predicted octanol–water partition coefficient (Wildman–Crippen LogP) is 5.87. The van der Waals surface area contributed by atoms with E-state index < -0.39 is 17.5 Å². The molecule has 0 radical (unpaired) electrons. The van der Waals surface area contributed by atoms with Gasteiger partial charge in [0.15, 0.2) is 5.82 Å². The minimum absolute atomic E-state index is 0.0639. The van der Waals surface area contributed by atoms with E-state index in [2.05, 4.69) is 28.7 Å². The molecule has 0 spiro atoms. The first-order valence-electron chi connectivity index (χ1n) is 13.1. The summed E-state index contributed by atoms with van der Waals surface area (Å²) in [4.78, 5) is 11.3. The van der Waals surface area contributed by atoms with Crippen molar-refractivity contribution in [1.82, 2.24) is 9.97 Å². The average Bonchev–Trinajstić information content (AvgIpc) is 2.82. The fraction of sp³-hybridized carbons (Fsp3) is 0.655. The molecule has 3 heterocycles. The van der Waals surface area contributed by atoms with E-state index in [0.29, 0.717) is 5.56 Å². The van der Waals surface area contributed by atoms with Crippen LogP contribution in [-0.2, 0) is 9.47 Å². The van der Waals surface area contributed by atoms with Gasteiger partial charge in [0.05, 0.1) is 24.0 Å². The standard InChI is InChI=1S/C29H44FN3O4/c1-18-25(24(17-34)37-28(4,5)6)26(33-12-10-29(7,8)11-13-33)22(16-31-18)21-14-23(30)27(32-15-21)36-20(3)19(2)35-9/h14-16,19-20,24,34H,10-13,17H2,1-9H3/t19?,20?,24-/m1/s1. The molecule has 1 saturated heterocycles. The average molecular weight is 518 g/mol. The Labute approximate surface area is 221 Å². The first-order valence-corrected chi connectivity index (χ1v) is 13.1. The van der Waals surface area contributed by atoms with Gasteiger partial charge in [-0.3, -0.25) is 4.98 Å². The summed E-state index contributed by atoms with van der Waals surface area (Å²) in [6.07, 6.45) is 4.28. The Balaban J connectivity index is 2.12. The van der Waals surface area contributed by atoms with Crippen molar-refractivity contribution in [2.24, 2.45) is 5.41 Å². The Bertz CT molecular complexity index is 1060. The number of aryl methyl sites for hydroxylation is 1. The van der Waals surface area contributed by atoms with Crippen molar-refractivity contribution < 1.29 is 23.7 Å². The lowest BCUT2D eigenvalue weighted by Gasteiger charge is -2.41. The van der Waals surface area contributed by atoms with E-state index in [1.165, 1.54) is 6.07 Å². The van der Waals surface area contributed by atoms with Gasteiger partial charge >= 0.3 is 0 Å². The second-order valence-corrected chi connectivity index (χ2v) is 11.8. The van der Waals surface area contributed by atoms with Crippen LogP contribution in [0.2, 0.25) is 0 Å². The van der Waals surface area contributed by atoms with Gasteiger partial charge in [-0.1, -0.05) is 13.8 Å². The molecule has 0 saturated carbocycles. The van der Waals surface area contributed by atoms with E-state index in [1.54, 1.807) is 19.5 Å². The van der Waals surface area contributed by atoms with Gasteiger partial charge < -0.3 is 24.2 Å². The van der Waals surface area contributed by atoms with E-state index in [1.807, 2.05) is 41.5 Å². The van der Waals surface area contributed by atoms with Gasteiger partial charge in [0, 0.05) is 55.0 Å². The van der Waals surface area contributed by atoms with Crippen LogP contribution in [0.1, 0.15) is 78.7 Å². The van der Waals surface area contributed by atoms with E-state index in [9.17, 15) is 5.11 Å². The third-order valence-electron chi connectivity index (χ3n) is 7.15. The second-order valence-electron chi connectivity index (χ2n) is 11.8. The smallest absolute Gasteiger partial charge is 0.250 e. The number of ether oxygens (including phenoxy) is 3. The maximum Gasteiger partial charge on any atom is 0.250 e. The summed E-state index contributed by atoms with van der Waals surface area (Å²) in [5.41, 5.74) is 3.66. The van der Waals surface area contributed by atoms with Gasteiger partial charge in [-0.2, -0.15) is 0 Å². The highest BCUT2D eigenvalue weighted by atomic mass is 19.1.